The highest BCUT2D eigenvalue weighted by molar-refractivity contribution is 7.21. The van der Waals surface area contributed by atoms with Crippen LogP contribution in [0.2, 0.25) is 0 Å². The lowest BCUT2D eigenvalue weighted by atomic mass is 10.00. The Hall–Kier alpha value is -2.97. The molecule has 1 fully saturated rings. The highest BCUT2D eigenvalue weighted by atomic mass is 32.1. The van der Waals surface area contributed by atoms with E-state index >= 15 is 0 Å². The minimum Gasteiger partial charge on any atom is -0.383 e. The molecule has 162 valence electrons. The van der Waals surface area contributed by atoms with Crippen molar-refractivity contribution in [1.29, 1.82) is 0 Å². The standard InChI is InChI=1S/C23H26N4O3S/c1-30-13-11-26-22(28)20-18(16-7-2-3-9-19(16)31-20)14-15-6-5-12-27(15)23(29)17-8-4-10-25-21(17)24/h2-4,7-10,15H,5-6,11-14H2,1H3,(H2,24,25)(H,26,28)/t15-/m0/s1. The number of nitrogen functional groups attached to an aromatic ring is 1. The van der Waals surface area contributed by atoms with Crippen LogP contribution >= 0.6 is 11.3 Å². The lowest BCUT2D eigenvalue weighted by molar-refractivity contribution is 0.0737. The topological polar surface area (TPSA) is 97.5 Å². The fourth-order valence-electron chi connectivity index (χ4n) is 4.14. The van der Waals surface area contributed by atoms with Gasteiger partial charge in [0.1, 0.15) is 5.82 Å². The number of pyridine rings is 1. The van der Waals surface area contributed by atoms with Crippen LogP contribution in [0.3, 0.4) is 0 Å². The Labute approximate surface area is 185 Å². The first-order valence-electron chi connectivity index (χ1n) is 10.4. The van der Waals surface area contributed by atoms with E-state index in [-0.39, 0.29) is 23.7 Å². The summed E-state index contributed by atoms with van der Waals surface area (Å²) in [5.41, 5.74) is 7.38. The van der Waals surface area contributed by atoms with Gasteiger partial charge in [-0.3, -0.25) is 9.59 Å². The van der Waals surface area contributed by atoms with Gasteiger partial charge in [-0.2, -0.15) is 0 Å². The molecule has 3 aromatic rings. The fourth-order valence-corrected chi connectivity index (χ4v) is 5.28. The largest absolute Gasteiger partial charge is 0.383 e. The molecule has 3 N–H and O–H groups in total. The molecular weight excluding hydrogens is 412 g/mol. The van der Waals surface area contributed by atoms with Crippen LogP contribution in [0.1, 0.15) is 38.4 Å². The third-order valence-corrected chi connectivity index (χ3v) is 6.85. The van der Waals surface area contributed by atoms with Gasteiger partial charge in [-0.05, 0) is 48.4 Å². The number of nitrogens with zero attached hydrogens (tertiary/aromatic N) is 2. The van der Waals surface area contributed by atoms with Crippen molar-refractivity contribution in [2.45, 2.75) is 25.3 Å². The molecule has 8 heteroatoms. The van der Waals surface area contributed by atoms with Crippen molar-refractivity contribution in [1.82, 2.24) is 15.2 Å². The molecule has 31 heavy (non-hydrogen) atoms. The van der Waals surface area contributed by atoms with Gasteiger partial charge >= 0.3 is 0 Å². The van der Waals surface area contributed by atoms with E-state index in [1.807, 2.05) is 29.2 Å². The summed E-state index contributed by atoms with van der Waals surface area (Å²) in [7, 11) is 1.61. The van der Waals surface area contributed by atoms with Crippen molar-refractivity contribution in [3.05, 3.63) is 58.6 Å². The average Bonchev–Trinajstić information content (AvgIpc) is 3.39. The number of methoxy groups -OCH3 is 1. The van der Waals surface area contributed by atoms with Crippen molar-refractivity contribution in [3.8, 4) is 0 Å². The average molecular weight is 439 g/mol. The number of nitrogens with two attached hydrogens (primary N) is 1. The molecule has 2 aromatic heterocycles. The smallest absolute Gasteiger partial charge is 0.261 e. The van der Waals surface area contributed by atoms with E-state index in [1.165, 1.54) is 11.3 Å². The molecule has 0 spiro atoms. The SMILES string of the molecule is COCCNC(=O)c1sc2ccccc2c1C[C@@H]1CCCN1C(=O)c1cccnc1N. The number of benzene rings is 1. The zero-order valence-corrected chi connectivity index (χ0v) is 18.3. The Balaban J connectivity index is 1.62. The number of rotatable bonds is 7. The molecule has 3 heterocycles. The summed E-state index contributed by atoms with van der Waals surface area (Å²) in [6, 6.07) is 11.5. The van der Waals surface area contributed by atoms with Gasteiger partial charge in [0.15, 0.2) is 0 Å². The van der Waals surface area contributed by atoms with Gasteiger partial charge in [0.25, 0.3) is 11.8 Å². The van der Waals surface area contributed by atoms with E-state index in [9.17, 15) is 9.59 Å². The van der Waals surface area contributed by atoms with Crippen LogP contribution in [0.4, 0.5) is 5.82 Å². The number of anilines is 1. The first kappa shape index (κ1) is 21.3. The summed E-state index contributed by atoms with van der Waals surface area (Å²) >= 11 is 1.50. The first-order valence-corrected chi connectivity index (χ1v) is 11.2. The molecule has 1 aromatic carbocycles. The maximum atomic E-state index is 13.2. The van der Waals surface area contributed by atoms with Crippen molar-refractivity contribution in [2.75, 3.05) is 32.5 Å². The summed E-state index contributed by atoms with van der Waals surface area (Å²) in [6.45, 7) is 1.59. The first-order chi connectivity index (χ1) is 15.1. The number of nitrogens with one attached hydrogen (secondary N) is 1. The quantitative estimate of drug-likeness (QED) is 0.553. The second-order valence-corrected chi connectivity index (χ2v) is 8.64. The number of fused-ring (bicyclic) bond motifs is 1. The van der Waals surface area contributed by atoms with Crippen molar-refractivity contribution in [3.63, 3.8) is 0 Å². The van der Waals surface area contributed by atoms with E-state index < -0.39 is 0 Å². The molecule has 0 aliphatic carbocycles. The van der Waals surface area contributed by atoms with Crippen LogP contribution < -0.4 is 11.1 Å². The number of ether oxygens (including phenoxy) is 1. The predicted octanol–water partition coefficient (Wildman–Crippen LogP) is 3.10. The maximum absolute atomic E-state index is 13.2. The van der Waals surface area contributed by atoms with E-state index in [0.29, 0.717) is 36.6 Å². The number of carbonyl (C=O) groups is 2. The number of hydrogen-bond donors (Lipinski definition) is 2. The summed E-state index contributed by atoms with van der Waals surface area (Å²) in [5, 5.41) is 4.01. The van der Waals surface area contributed by atoms with Crippen molar-refractivity contribution >= 4 is 39.1 Å². The van der Waals surface area contributed by atoms with Gasteiger partial charge < -0.3 is 20.7 Å². The van der Waals surface area contributed by atoms with Crippen LogP contribution in [0.5, 0.6) is 0 Å². The maximum Gasteiger partial charge on any atom is 0.261 e. The summed E-state index contributed by atoms with van der Waals surface area (Å²) < 4.78 is 6.12. The van der Waals surface area contributed by atoms with E-state index in [2.05, 4.69) is 10.3 Å². The third kappa shape index (κ3) is 4.40. The fraction of sp³-hybridized carbons (Fsp3) is 0.348. The number of carbonyl (C=O) groups excluding carboxylic acids is 2. The summed E-state index contributed by atoms with van der Waals surface area (Å²) in [5.74, 6) is 0.0525. The van der Waals surface area contributed by atoms with E-state index in [0.717, 1.165) is 28.5 Å². The molecule has 4 rings (SSSR count). The zero-order valence-electron chi connectivity index (χ0n) is 17.5. The van der Waals surface area contributed by atoms with Gasteiger partial charge in [0.05, 0.1) is 17.0 Å². The van der Waals surface area contributed by atoms with Gasteiger partial charge in [0.2, 0.25) is 0 Å². The molecule has 1 aliphatic rings. The molecule has 0 bridgehead atoms. The van der Waals surface area contributed by atoms with Crippen LogP contribution in [0.25, 0.3) is 10.1 Å². The molecular formula is C23H26N4O3S. The number of amides is 2. The van der Waals surface area contributed by atoms with Crippen LogP contribution in [-0.2, 0) is 11.2 Å². The van der Waals surface area contributed by atoms with Gasteiger partial charge in [-0.1, -0.05) is 18.2 Å². The minimum absolute atomic E-state index is 0.00985. The molecule has 1 saturated heterocycles. The van der Waals surface area contributed by atoms with Gasteiger partial charge in [0, 0.05) is 37.1 Å². The highest BCUT2D eigenvalue weighted by Gasteiger charge is 2.32. The second-order valence-electron chi connectivity index (χ2n) is 7.59. The number of hydrogen-bond acceptors (Lipinski definition) is 6. The Morgan fingerprint density at radius 3 is 2.94 bits per heavy atom. The van der Waals surface area contributed by atoms with Crippen molar-refractivity contribution in [2.24, 2.45) is 0 Å². The number of likely N-dealkylation sites (tertiary alicyclic amines) is 1. The molecule has 0 unspecified atom stereocenters. The molecule has 1 atom stereocenters. The second kappa shape index (κ2) is 9.45. The monoisotopic (exact) mass is 438 g/mol. The molecule has 7 nitrogen and oxygen atoms in total. The highest BCUT2D eigenvalue weighted by Crippen LogP contribution is 2.35. The minimum atomic E-state index is -0.0984. The molecule has 0 radical (unpaired) electrons. The molecule has 1 aliphatic heterocycles. The van der Waals surface area contributed by atoms with Crippen molar-refractivity contribution < 1.29 is 14.3 Å². The Morgan fingerprint density at radius 1 is 1.29 bits per heavy atom. The predicted molar refractivity (Wildman–Crippen MR) is 122 cm³/mol. The van der Waals surface area contributed by atoms with E-state index in [4.69, 9.17) is 10.5 Å². The lowest BCUT2D eigenvalue weighted by Gasteiger charge is -2.25. The third-order valence-electron chi connectivity index (χ3n) is 5.64. The molecule has 2 amide bonds. The van der Waals surface area contributed by atoms with Gasteiger partial charge in [-0.25, -0.2) is 4.98 Å². The van der Waals surface area contributed by atoms with Crippen LogP contribution in [0.15, 0.2) is 42.6 Å². The lowest BCUT2D eigenvalue weighted by Crippen LogP contribution is -2.37. The Bertz CT molecular complexity index is 1100. The summed E-state index contributed by atoms with van der Waals surface area (Å²) in [6.07, 6.45) is 4.03. The Morgan fingerprint density at radius 2 is 2.13 bits per heavy atom. The number of aromatic nitrogens is 1. The van der Waals surface area contributed by atoms with E-state index in [1.54, 1.807) is 25.4 Å². The number of thiophene rings is 1. The molecule has 0 saturated carbocycles. The normalized spacial score (nSPS) is 16.0. The van der Waals surface area contributed by atoms with Crippen LogP contribution in [-0.4, -0.2) is 54.5 Å². The zero-order chi connectivity index (χ0) is 21.8. The van der Waals surface area contributed by atoms with Crippen LogP contribution in [0, 0.1) is 0 Å². The van der Waals surface area contributed by atoms with Gasteiger partial charge in [-0.15, -0.1) is 11.3 Å². The Kier molecular flexibility index (Phi) is 6.48. The summed E-state index contributed by atoms with van der Waals surface area (Å²) in [4.78, 5) is 32.7.